The largest absolute Gasteiger partial charge is 0.454 e. The van der Waals surface area contributed by atoms with Crippen LogP contribution in [0.3, 0.4) is 0 Å². The van der Waals surface area contributed by atoms with E-state index in [1.807, 2.05) is 31.2 Å². The quantitative estimate of drug-likeness (QED) is 0.373. The van der Waals surface area contributed by atoms with Gasteiger partial charge in [0.1, 0.15) is 0 Å². The van der Waals surface area contributed by atoms with Crippen molar-refractivity contribution in [1.82, 2.24) is 15.0 Å². The average molecular weight is 465 g/mol. The number of ketones is 2. The van der Waals surface area contributed by atoms with Gasteiger partial charge in [-0.25, -0.2) is 4.79 Å². The number of aryl methyl sites for hydroxylation is 1. The van der Waals surface area contributed by atoms with E-state index in [2.05, 4.69) is 20.3 Å². The van der Waals surface area contributed by atoms with E-state index < -0.39 is 11.8 Å². The van der Waals surface area contributed by atoms with Gasteiger partial charge in [-0.05, 0) is 25.1 Å². The molecule has 0 radical (unpaired) electrons. The predicted octanol–water partition coefficient (Wildman–Crippen LogP) is 3.64. The number of carbonyl (C=O) groups excluding carboxylic acids is 3. The van der Waals surface area contributed by atoms with Crippen molar-refractivity contribution in [3.8, 4) is 0 Å². The number of ether oxygens (including phenoxy) is 1. The number of benzene rings is 3. The van der Waals surface area contributed by atoms with Crippen LogP contribution in [-0.4, -0.2) is 32.5 Å². The number of nitrogens with two attached hydrogens (primary N) is 1. The zero-order valence-corrected chi connectivity index (χ0v) is 18.6. The molecule has 35 heavy (non-hydrogen) atoms. The molecule has 0 spiro atoms. The van der Waals surface area contributed by atoms with Crippen LogP contribution in [-0.2, 0) is 11.3 Å². The highest BCUT2D eigenvalue weighted by molar-refractivity contribution is 6.30. The van der Waals surface area contributed by atoms with Crippen LogP contribution in [0.25, 0.3) is 0 Å². The van der Waals surface area contributed by atoms with E-state index in [0.29, 0.717) is 5.56 Å². The maximum Gasteiger partial charge on any atom is 0.339 e. The van der Waals surface area contributed by atoms with E-state index in [0.717, 1.165) is 11.3 Å². The van der Waals surface area contributed by atoms with Crippen LogP contribution in [0, 0.1) is 6.92 Å². The van der Waals surface area contributed by atoms with Crippen molar-refractivity contribution in [1.29, 1.82) is 0 Å². The molecule has 4 aromatic rings. The topological polar surface area (TPSA) is 137 Å². The van der Waals surface area contributed by atoms with Gasteiger partial charge in [0.05, 0.1) is 5.56 Å². The molecule has 1 aliphatic rings. The number of hydrogen-bond donors (Lipinski definition) is 2. The van der Waals surface area contributed by atoms with E-state index in [9.17, 15) is 14.4 Å². The molecule has 1 heterocycles. The van der Waals surface area contributed by atoms with Gasteiger partial charge >= 0.3 is 5.97 Å². The first kappa shape index (κ1) is 21.9. The molecule has 1 aromatic heterocycles. The Labute approximate surface area is 200 Å². The minimum absolute atomic E-state index is 0.00427. The second kappa shape index (κ2) is 8.79. The molecule has 3 aromatic carbocycles. The van der Waals surface area contributed by atoms with Crippen LogP contribution in [0.5, 0.6) is 0 Å². The van der Waals surface area contributed by atoms with Crippen molar-refractivity contribution in [2.24, 2.45) is 0 Å². The Balaban J connectivity index is 1.37. The molecule has 0 fully saturated rings. The molecular weight excluding hydrogens is 446 g/mol. The number of aromatic nitrogens is 3. The van der Waals surface area contributed by atoms with Gasteiger partial charge in [0.2, 0.25) is 11.9 Å². The monoisotopic (exact) mass is 465 g/mol. The third kappa shape index (κ3) is 4.22. The number of anilines is 3. The van der Waals surface area contributed by atoms with Crippen LogP contribution in [0.2, 0.25) is 0 Å². The summed E-state index contributed by atoms with van der Waals surface area (Å²) in [6.07, 6.45) is 0. The molecule has 0 saturated carbocycles. The maximum absolute atomic E-state index is 13.1. The van der Waals surface area contributed by atoms with E-state index >= 15 is 0 Å². The van der Waals surface area contributed by atoms with E-state index in [4.69, 9.17) is 10.5 Å². The Morgan fingerprint density at radius 3 is 2.29 bits per heavy atom. The van der Waals surface area contributed by atoms with Crippen molar-refractivity contribution in [3.05, 3.63) is 106 Å². The summed E-state index contributed by atoms with van der Waals surface area (Å²) >= 11 is 0. The Kier molecular flexibility index (Phi) is 5.50. The van der Waals surface area contributed by atoms with Crippen molar-refractivity contribution >= 4 is 35.1 Å². The Morgan fingerprint density at radius 1 is 0.857 bits per heavy atom. The van der Waals surface area contributed by atoms with E-state index in [1.165, 1.54) is 12.1 Å². The molecule has 3 N–H and O–H groups in total. The Bertz CT molecular complexity index is 1500. The van der Waals surface area contributed by atoms with Gasteiger partial charge < -0.3 is 15.8 Å². The summed E-state index contributed by atoms with van der Waals surface area (Å²) < 4.78 is 5.39. The van der Waals surface area contributed by atoms with E-state index in [1.54, 1.807) is 30.3 Å². The van der Waals surface area contributed by atoms with Gasteiger partial charge in [-0.3, -0.25) is 9.59 Å². The molecule has 0 atom stereocenters. The highest BCUT2D eigenvalue weighted by atomic mass is 16.5. The summed E-state index contributed by atoms with van der Waals surface area (Å²) in [6, 6.07) is 18.6. The molecular formula is C26H19N5O4. The summed E-state index contributed by atoms with van der Waals surface area (Å²) in [5.74, 6) is -1.23. The highest BCUT2D eigenvalue weighted by Crippen LogP contribution is 2.30. The first-order valence-electron chi connectivity index (χ1n) is 10.7. The van der Waals surface area contributed by atoms with Crippen molar-refractivity contribution in [2.45, 2.75) is 13.5 Å². The second-order valence-corrected chi connectivity index (χ2v) is 7.93. The number of nitrogens with one attached hydrogen (secondary N) is 1. The lowest BCUT2D eigenvalue weighted by molar-refractivity contribution is 0.0459. The number of carbonyl (C=O) groups is 3. The van der Waals surface area contributed by atoms with Crippen LogP contribution in [0.1, 0.15) is 53.6 Å². The fourth-order valence-corrected chi connectivity index (χ4v) is 3.85. The molecule has 172 valence electrons. The summed E-state index contributed by atoms with van der Waals surface area (Å²) in [6.45, 7) is 1.67. The summed E-state index contributed by atoms with van der Waals surface area (Å²) in [5, 5.41) is 3.03. The zero-order chi connectivity index (χ0) is 24.5. The predicted molar refractivity (Wildman–Crippen MR) is 128 cm³/mol. The van der Waals surface area contributed by atoms with Crippen molar-refractivity contribution < 1.29 is 19.1 Å². The SMILES string of the molecule is Cc1ccc(Nc2nc(N)nc(COC(=O)c3cccc4c3C(=O)c3ccccc3C4=O)n2)cc1. The Hall–Kier alpha value is -4.92. The lowest BCUT2D eigenvalue weighted by atomic mass is 9.82. The first-order chi connectivity index (χ1) is 16.9. The third-order valence-electron chi connectivity index (χ3n) is 5.51. The maximum atomic E-state index is 13.1. The highest BCUT2D eigenvalue weighted by Gasteiger charge is 2.33. The Morgan fingerprint density at radius 2 is 1.54 bits per heavy atom. The summed E-state index contributed by atoms with van der Waals surface area (Å²) in [5.41, 5.74) is 8.40. The standard InChI is InChI=1S/C26H19N5O4/c1-14-9-11-15(12-10-14)28-26-30-20(29-25(27)31-26)13-35-24(34)19-8-4-7-18-21(19)23(33)17-6-3-2-5-16(17)22(18)32/h2-12H,13H2,1H3,(H3,27,28,29,30,31). The van der Waals surface area contributed by atoms with Gasteiger partial charge in [-0.2, -0.15) is 15.0 Å². The molecule has 9 heteroatoms. The minimum atomic E-state index is -0.783. The summed E-state index contributed by atoms with van der Waals surface area (Å²) in [7, 11) is 0. The molecule has 0 amide bonds. The zero-order valence-electron chi connectivity index (χ0n) is 18.6. The van der Waals surface area contributed by atoms with Gasteiger partial charge in [-0.15, -0.1) is 0 Å². The van der Waals surface area contributed by atoms with Crippen molar-refractivity contribution in [3.63, 3.8) is 0 Å². The third-order valence-corrected chi connectivity index (χ3v) is 5.51. The molecule has 0 unspecified atom stereocenters. The molecule has 0 aliphatic heterocycles. The number of hydrogen-bond acceptors (Lipinski definition) is 9. The van der Waals surface area contributed by atoms with Crippen LogP contribution < -0.4 is 11.1 Å². The van der Waals surface area contributed by atoms with Gasteiger partial charge in [0.15, 0.2) is 24.0 Å². The van der Waals surface area contributed by atoms with Crippen LogP contribution in [0.4, 0.5) is 17.6 Å². The number of fused-ring (bicyclic) bond motifs is 2. The number of nitrogen functional groups attached to an aromatic ring is 1. The average Bonchev–Trinajstić information content (AvgIpc) is 2.86. The molecule has 1 aliphatic carbocycles. The molecule has 0 bridgehead atoms. The fourth-order valence-electron chi connectivity index (χ4n) is 3.85. The number of rotatable bonds is 5. The molecule has 9 nitrogen and oxygen atoms in total. The van der Waals surface area contributed by atoms with Gasteiger partial charge in [0, 0.05) is 27.9 Å². The van der Waals surface area contributed by atoms with Gasteiger partial charge in [-0.1, -0.05) is 54.1 Å². The first-order valence-corrected chi connectivity index (χ1v) is 10.7. The minimum Gasteiger partial charge on any atom is -0.454 e. The van der Waals surface area contributed by atoms with Gasteiger partial charge in [0.25, 0.3) is 0 Å². The lowest BCUT2D eigenvalue weighted by Gasteiger charge is -2.19. The molecule has 5 rings (SSSR count). The van der Waals surface area contributed by atoms with Crippen molar-refractivity contribution in [2.75, 3.05) is 11.1 Å². The smallest absolute Gasteiger partial charge is 0.339 e. The van der Waals surface area contributed by atoms with Crippen LogP contribution >= 0.6 is 0 Å². The lowest BCUT2D eigenvalue weighted by Crippen LogP contribution is -2.24. The fraction of sp³-hybridized carbons (Fsp3) is 0.0769. The normalized spacial score (nSPS) is 12.0. The van der Waals surface area contributed by atoms with E-state index in [-0.39, 0.29) is 52.4 Å². The van der Waals surface area contributed by atoms with Crippen LogP contribution in [0.15, 0.2) is 66.7 Å². The second-order valence-electron chi connectivity index (χ2n) is 7.93. The number of esters is 1. The molecule has 0 saturated heterocycles. The summed E-state index contributed by atoms with van der Waals surface area (Å²) in [4.78, 5) is 51.3. The number of nitrogens with zero attached hydrogens (tertiary/aromatic N) is 3.